The molecule has 0 saturated heterocycles. The lowest BCUT2D eigenvalue weighted by Gasteiger charge is -2.07. The highest BCUT2D eigenvalue weighted by molar-refractivity contribution is 9.10. The lowest BCUT2D eigenvalue weighted by atomic mass is 10.2. The number of anilines is 1. The van der Waals surface area contributed by atoms with Crippen molar-refractivity contribution in [3.05, 3.63) is 27.2 Å². The van der Waals surface area contributed by atoms with E-state index in [9.17, 15) is 0 Å². The van der Waals surface area contributed by atoms with Crippen molar-refractivity contribution in [2.45, 2.75) is 0 Å². The fraction of sp³-hybridized carbons (Fsp3) is 0. The summed E-state index contributed by atoms with van der Waals surface area (Å²) in [6.45, 7) is 0. The summed E-state index contributed by atoms with van der Waals surface area (Å²) in [7, 11) is 0. The first kappa shape index (κ1) is 14.0. The molecule has 0 aliphatic carbocycles. The van der Waals surface area contributed by atoms with Crippen molar-refractivity contribution in [3.63, 3.8) is 0 Å². The van der Waals surface area contributed by atoms with E-state index in [0.29, 0.717) is 10.2 Å². The predicted molar refractivity (Wildman–Crippen MR) is 72.5 cm³/mol. The van der Waals surface area contributed by atoms with Gasteiger partial charge in [-0.15, -0.1) is 0 Å². The summed E-state index contributed by atoms with van der Waals surface area (Å²) >= 11 is 9.19. The highest BCUT2D eigenvalue weighted by Gasteiger charge is 2.10. The summed E-state index contributed by atoms with van der Waals surface area (Å²) in [6.07, 6.45) is 0. The maximum atomic E-state index is 8.83. The van der Waals surface area contributed by atoms with Crippen molar-refractivity contribution in [2.24, 2.45) is 10.8 Å². The van der Waals surface area contributed by atoms with E-state index in [1.807, 2.05) is 6.07 Å². The molecular formula is C10H6BrClN6. The number of nitriles is 2. The van der Waals surface area contributed by atoms with E-state index < -0.39 is 5.84 Å². The van der Waals surface area contributed by atoms with E-state index in [0.717, 1.165) is 0 Å². The molecule has 1 aromatic rings. The van der Waals surface area contributed by atoms with Gasteiger partial charge in [0.15, 0.2) is 5.84 Å². The summed E-state index contributed by atoms with van der Waals surface area (Å²) < 4.78 is 0.566. The van der Waals surface area contributed by atoms with Gasteiger partial charge in [0.05, 0.1) is 16.3 Å². The van der Waals surface area contributed by atoms with Gasteiger partial charge in [0, 0.05) is 4.47 Å². The van der Waals surface area contributed by atoms with Gasteiger partial charge in [-0.1, -0.05) is 11.6 Å². The molecule has 0 unspecified atom stereocenters. The number of amidine groups is 1. The van der Waals surface area contributed by atoms with Gasteiger partial charge in [-0.3, -0.25) is 10.8 Å². The van der Waals surface area contributed by atoms with Crippen molar-refractivity contribution in [2.75, 3.05) is 5.43 Å². The SMILES string of the molecule is N#C/C(=N\Nc1c(Br)ccc(C#N)c1Cl)C(=N)N. The van der Waals surface area contributed by atoms with E-state index in [1.54, 1.807) is 12.1 Å². The van der Waals surface area contributed by atoms with E-state index >= 15 is 0 Å². The maximum Gasteiger partial charge on any atom is 0.201 e. The van der Waals surface area contributed by atoms with Crippen LogP contribution >= 0.6 is 27.5 Å². The molecule has 4 N–H and O–H groups in total. The molecule has 18 heavy (non-hydrogen) atoms. The van der Waals surface area contributed by atoms with Crippen LogP contribution in [0.4, 0.5) is 5.69 Å². The molecule has 90 valence electrons. The first-order valence-corrected chi connectivity index (χ1v) is 5.64. The van der Waals surface area contributed by atoms with E-state index in [4.69, 9.17) is 33.3 Å². The first-order chi connectivity index (χ1) is 8.51. The average Bonchev–Trinajstić information content (AvgIpc) is 2.33. The van der Waals surface area contributed by atoms with Crippen molar-refractivity contribution in [3.8, 4) is 12.1 Å². The summed E-state index contributed by atoms with van der Waals surface area (Å²) in [5, 5.41) is 28.4. The molecule has 8 heteroatoms. The Morgan fingerprint density at radius 1 is 1.50 bits per heavy atom. The van der Waals surface area contributed by atoms with Gasteiger partial charge >= 0.3 is 0 Å². The zero-order chi connectivity index (χ0) is 13.7. The average molecular weight is 326 g/mol. The lowest BCUT2D eigenvalue weighted by Crippen LogP contribution is -2.22. The standard InChI is InChI=1S/C10H6BrClN6/c11-6-2-1-5(3-13)8(12)9(6)18-17-7(4-14)10(15)16/h1-2,18H,(H3,15,16)/b17-7+. The molecule has 0 fully saturated rings. The Bertz CT molecular complexity index is 610. The molecular weight excluding hydrogens is 320 g/mol. The minimum absolute atomic E-state index is 0.163. The molecule has 0 heterocycles. The second-order valence-corrected chi connectivity index (χ2v) is 4.23. The highest BCUT2D eigenvalue weighted by Crippen LogP contribution is 2.33. The number of nitrogens with two attached hydrogens (primary N) is 1. The minimum atomic E-state index is -0.464. The number of rotatable bonds is 3. The van der Waals surface area contributed by atoms with Gasteiger partial charge in [0.2, 0.25) is 5.71 Å². The normalized spacial score (nSPS) is 10.3. The number of benzene rings is 1. The van der Waals surface area contributed by atoms with Crippen LogP contribution in [0.5, 0.6) is 0 Å². The third-order valence-corrected chi connectivity index (χ3v) is 2.91. The molecule has 0 saturated carbocycles. The number of nitrogens with zero attached hydrogens (tertiary/aromatic N) is 3. The van der Waals surface area contributed by atoms with Crippen LogP contribution in [0, 0.1) is 28.1 Å². The van der Waals surface area contributed by atoms with Gasteiger partial charge in [-0.2, -0.15) is 15.6 Å². The van der Waals surface area contributed by atoms with Crippen molar-refractivity contribution >= 4 is 44.8 Å². The topological polar surface area (TPSA) is 122 Å². The van der Waals surface area contributed by atoms with Gasteiger partial charge in [0.25, 0.3) is 0 Å². The molecule has 0 aliphatic rings. The van der Waals surface area contributed by atoms with Crippen LogP contribution < -0.4 is 11.2 Å². The van der Waals surface area contributed by atoms with Crippen molar-refractivity contribution in [1.82, 2.24) is 0 Å². The Hall–Kier alpha value is -2.09. The van der Waals surface area contributed by atoms with Crippen LogP contribution in [-0.4, -0.2) is 11.5 Å². The largest absolute Gasteiger partial charge is 0.382 e. The van der Waals surface area contributed by atoms with E-state index in [-0.39, 0.29) is 16.3 Å². The Morgan fingerprint density at radius 3 is 2.67 bits per heavy atom. The smallest absolute Gasteiger partial charge is 0.201 e. The number of hydrogen-bond donors (Lipinski definition) is 3. The number of nitrogens with one attached hydrogen (secondary N) is 2. The molecule has 0 radical (unpaired) electrons. The van der Waals surface area contributed by atoms with Crippen LogP contribution in [0.25, 0.3) is 0 Å². The molecule has 1 aromatic carbocycles. The van der Waals surface area contributed by atoms with Crippen molar-refractivity contribution in [1.29, 1.82) is 15.9 Å². The van der Waals surface area contributed by atoms with Crippen molar-refractivity contribution < 1.29 is 0 Å². The molecule has 6 nitrogen and oxygen atoms in total. The fourth-order valence-electron chi connectivity index (χ4n) is 0.999. The third kappa shape index (κ3) is 2.98. The van der Waals surface area contributed by atoms with Gasteiger partial charge in [-0.25, -0.2) is 0 Å². The second-order valence-electron chi connectivity index (χ2n) is 2.99. The first-order valence-electron chi connectivity index (χ1n) is 4.47. The summed E-state index contributed by atoms with van der Waals surface area (Å²) in [4.78, 5) is 0. The van der Waals surface area contributed by atoms with Crippen LogP contribution in [-0.2, 0) is 0 Å². The van der Waals surface area contributed by atoms with Gasteiger partial charge in [0.1, 0.15) is 12.1 Å². The van der Waals surface area contributed by atoms with E-state index in [2.05, 4.69) is 26.5 Å². The quantitative estimate of drug-likeness (QED) is 0.448. The summed E-state index contributed by atoms with van der Waals surface area (Å²) in [5.41, 5.74) is 7.95. The predicted octanol–water partition coefficient (Wildman–Crippen LogP) is 2.20. The number of hydrazone groups is 1. The molecule has 1 rings (SSSR count). The molecule has 0 amide bonds. The number of halogens is 2. The Labute approximate surface area is 116 Å². The molecule has 0 spiro atoms. The maximum absolute atomic E-state index is 8.83. The Kier molecular flexibility index (Phi) is 4.67. The Balaban J connectivity index is 3.18. The minimum Gasteiger partial charge on any atom is -0.382 e. The van der Waals surface area contributed by atoms with Crippen LogP contribution in [0.3, 0.4) is 0 Å². The third-order valence-electron chi connectivity index (χ3n) is 1.85. The monoisotopic (exact) mass is 324 g/mol. The molecule has 0 aliphatic heterocycles. The molecule has 0 bridgehead atoms. The molecule has 0 atom stereocenters. The van der Waals surface area contributed by atoms with Crippen LogP contribution in [0.15, 0.2) is 21.7 Å². The molecule has 0 aromatic heterocycles. The summed E-state index contributed by atoms with van der Waals surface area (Å²) in [5.74, 6) is -0.464. The van der Waals surface area contributed by atoms with Gasteiger partial charge < -0.3 is 5.73 Å². The Morgan fingerprint density at radius 2 is 2.17 bits per heavy atom. The van der Waals surface area contributed by atoms with Crippen LogP contribution in [0.2, 0.25) is 5.02 Å². The highest BCUT2D eigenvalue weighted by atomic mass is 79.9. The van der Waals surface area contributed by atoms with E-state index in [1.165, 1.54) is 6.07 Å². The van der Waals surface area contributed by atoms with Crippen LogP contribution in [0.1, 0.15) is 5.56 Å². The fourth-order valence-corrected chi connectivity index (χ4v) is 1.78. The summed E-state index contributed by atoms with van der Waals surface area (Å²) in [6, 6.07) is 6.72. The lowest BCUT2D eigenvalue weighted by molar-refractivity contribution is 1.32. The number of hydrogen-bond acceptors (Lipinski definition) is 5. The zero-order valence-electron chi connectivity index (χ0n) is 8.83. The second kappa shape index (κ2) is 6.01. The van der Waals surface area contributed by atoms with Gasteiger partial charge in [-0.05, 0) is 28.1 Å². The zero-order valence-corrected chi connectivity index (χ0v) is 11.2.